The molecule has 0 atom stereocenters. The van der Waals surface area contributed by atoms with Crippen LogP contribution in [-0.4, -0.2) is 51.7 Å². The third-order valence-electron chi connectivity index (χ3n) is 5.60. The van der Waals surface area contributed by atoms with E-state index in [-0.39, 0.29) is 5.56 Å². The highest BCUT2D eigenvalue weighted by molar-refractivity contribution is 7.82. The van der Waals surface area contributed by atoms with Gasteiger partial charge in [-0.15, -0.1) is 0 Å². The summed E-state index contributed by atoms with van der Waals surface area (Å²) in [4.78, 5) is 22.7. The Hall–Kier alpha value is -2.44. The van der Waals surface area contributed by atoms with Crippen LogP contribution >= 0.6 is 12.2 Å². The highest BCUT2D eigenvalue weighted by Gasteiger charge is 2.50. The maximum absolute atomic E-state index is 14.4. The maximum Gasteiger partial charge on any atom is 0.263 e. The summed E-state index contributed by atoms with van der Waals surface area (Å²) in [5.74, 6) is -0.952. The van der Waals surface area contributed by atoms with Gasteiger partial charge in [0, 0.05) is 31.5 Å². The van der Waals surface area contributed by atoms with Crippen molar-refractivity contribution in [3.63, 3.8) is 0 Å². The van der Waals surface area contributed by atoms with Crippen molar-refractivity contribution < 1.29 is 9.18 Å². The fourth-order valence-corrected chi connectivity index (χ4v) is 4.40. The van der Waals surface area contributed by atoms with Crippen LogP contribution in [0.1, 0.15) is 35.7 Å². The number of likely N-dealkylation sites (tertiary alicyclic amines) is 1. The summed E-state index contributed by atoms with van der Waals surface area (Å²) in [6, 6.07) is 15.7. The van der Waals surface area contributed by atoms with Crippen molar-refractivity contribution in [1.29, 1.82) is 0 Å². The number of benzene rings is 2. The number of carbonyl (C=O) groups is 1. The van der Waals surface area contributed by atoms with Gasteiger partial charge in [-0.25, -0.2) is 4.39 Å². The number of aliphatic imine (C=N–C) groups is 1. The SMILES string of the molecule is CCN1CCC2(CC1)N=C(c1ccccc1)C(=S)N2C(=O)c1ccccc1F. The minimum absolute atomic E-state index is 0.0339. The lowest BCUT2D eigenvalue weighted by atomic mass is 9.95. The summed E-state index contributed by atoms with van der Waals surface area (Å²) < 4.78 is 14.4. The van der Waals surface area contributed by atoms with Crippen LogP contribution < -0.4 is 0 Å². The molecule has 1 spiro atoms. The molecule has 6 heteroatoms. The molecule has 2 heterocycles. The zero-order valence-electron chi connectivity index (χ0n) is 15.8. The van der Waals surface area contributed by atoms with Gasteiger partial charge in [0.25, 0.3) is 5.91 Å². The molecule has 28 heavy (non-hydrogen) atoms. The Kier molecular flexibility index (Phi) is 5.08. The number of piperidine rings is 1. The molecule has 2 aromatic rings. The van der Waals surface area contributed by atoms with E-state index in [0.29, 0.717) is 23.5 Å². The van der Waals surface area contributed by atoms with Crippen LogP contribution in [0, 0.1) is 5.82 Å². The summed E-state index contributed by atoms with van der Waals surface area (Å²) in [6.07, 6.45) is 1.36. The van der Waals surface area contributed by atoms with Crippen LogP contribution in [-0.2, 0) is 0 Å². The fraction of sp³-hybridized carbons (Fsp3) is 0.318. The quantitative estimate of drug-likeness (QED) is 0.740. The van der Waals surface area contributed by atoms with E-state index in [1.165, 1.54) is 12.1 Å². The molecule has 1 amide bonds. The predicted octanol–water partition coefficient (Wildman–Crippen LogP) is 3.91. The molecule has 0 bridgehead atoms. The molecule has 2 aliphatic heterocycles. The van der Waals surface area contributed by atoms with E-state index >= 15 is 0 Å². The molecular formula is C22H22FN3OS. The van der Waals surface area contributed by atoms with Crippen molar-refractivity contribution in [2.24, 2.45) is 4.99 Å². The van der Waals surface area contributed by atoms with Gasteiger partial charge in [-0.1, -0.05) is 61.6 Å². The Morgan fingerprint density at radius 3 is 2.39 bits per heavy atom. The average molecular weight is 396 g/mol. The van der Waals surface area contributed by atoms with E-state index in [9.17, 15) is 9.18 Å². The summed E-state index contributed by atoms with van der Waals surface area (Å²) >= 11 is 5.71. The fourth-order valence-electron chi connectivity index (χ4n) is 3.98. The summed E-state index contributed by atoms with van der Waals surface area (Å²) in [7, 11) is 0. The lowest BCUT2D eigenvalue weighted by Crippen LogP contribution is -2.55. The molecule has 1 fully saturated rings. The first kappa shape index (κ1) is 18.9. The normalized spacial score (nSPS) is 19.1. The van der Waals surface area contributed by atoms with E-state index in [0.717, 1.165) is 25.2 Å². The van der Waals surface area contributed by atoms with Crippen molar-refractivity contribution in [2.45, 2.75) is 25.4 Å². The number of nitrogens with zero attached hydrogens (tertiary/aromatic N) is 3. The second-order valence-electron chi connectivity index (χ2n) is 7.17. The first-order valence-corrected chi connectivity index (χ1v) is 9.97. The Labute approximate surface area is 169 Å². The smallest absolute Gasteiger partial charge is 0.263 e. The topological polar surface area (TPSA) is 35.9 Å². The van der Waals surface area contributed by atoms with Crippen molar-refractivity contribution in [3.05, 3.63) is 71.5 Å². The van der Waals surface area contributed by atoms with Crippen LogP contribution in [0.5, 0.6) is 0 Å². The van der Waals surface area contributed by atoms with E-state index in [1.807, 2.05) is 30.3 Å². The molecule has 4 nitrogen and oxygen atoms in total. The van der Waals surface area contributed by atoms with E-state index in [4.69, 9.17) is 17.2 Å². The van der Waals surface area contributed by atoms with Crippen LogP contribution in [0.4, 0.5) is 4.39 Å². The first-order chi connectivity index (χ1) is 13.6. The Morgan fingerprint density at radius 2 is 1.75 bits per heavy atom. The van der Waals surface area contributed by atoms with Crippen molar-refractivity contribution in [3.8, 4) is 0 Å². The van der Waals surface area contributed by atoms with Gasteiger partial charge in [-0.05, 0) is 18.7 Å². The number of thiocarbonyl (C=S) groups is 1. The molecule has 0 unspecified atom stereocenters. The van der Waals surface area contributed by atoms with E-state index < -0.39 is 17.4 Å². The summed E-state index contributed by atoms with van der Waals surface area (Å²) in [6.45, 7) is 4.73. The number of halogens is 1. The third kappa shape index (κ3) is 3.16. The molecule has 0 N–H and O–H groups in total. The van der Waals surface area contributed by atoms with Crippen molar-refractivity contribution in [1.82, 2.24) is 9.80 Å². The average Bonchev–Trinajstić information content (AvgIpc) is 3.01. The molecule has 2 aromatic carbocycles. The Morgan fingerprint density at radius 1 is 1.11 bits per heavy atom. The highest BCUT2D eigenvalue weighted by atomic mass is 32.1. The van der Waals surface area contributed by atoms with Gasteiger partial charge in [0.2, 0.25) is 0 Å². The number of amides is 1. The number of carbonyl (C=O) groups excluding carboxylic acids is 1. The number of rotatable bonds is 3. The molecule has 0 aliphatic carbocycles. The van der Waals surface area contributed by atoms with Crippen LogP contribution in [0.25, 0.3) is 0 Å². The van der Waals surface area contributed by atoms with Gasteiger partial charge < -0.3 is 4.90 Å². The van der Waals surface area contributed by atoms with Gasteiger partial charge in [-0.2, -0.15) is 0 Å². The second kappa shape index (κ2) is 7.53. The van der Waals surface area contributed by atoms with Gasteiger partial charge >= 0.3 is 0 Å². The van der Waals surface area contributed by atoms with Gasteiger partial charge in [0.05, 0.1) is 5.56 Å². The third-order valence-corrected chi connectivity index (χ3v) is 5.98. The number of hydrogen-bond acceptors (Lipinski definition) is 4. The zero-order valence-corrected chi connectivity index (χ0v) is 16.6. The highest BCUT2D eigenvalue weighted by Crippen LogP contribution is 2.38. The minimum Gasteiger partial charge on any atom is -0.303 e. The molecule has 4 rings (SSSR count). The molecular weight excluding hydrogens is 373 g/mol. The zero-order chi connectivity index (χ0) is 19.7. The minimum atomic E-state index is -0.743. The molecule has 0 aromatic heterocycles. The Balaban J connectivity index is 1.77. The van der Waals surface area contributed by atoms with Crippen molar-refractivity contribution in [2.75, 3.05) is 19.6 Å². The van der Waals surface area contributed by atoms with E-state index in [2.05, 4.69) is 11.8 Å². The lowest BCUT2D eigenvalue weighted by Gasteiger charge is -2.42. The molecule has 144 valence electrons. The number of hydrogen-bond donors (Lipinski definition) is 0. The Bertz CT molecular complexity index is 936. The van der Waals surface area contributed by atoms with Gasteiger partial charge in [-0.3, -0.25) is 14.7 Å². The van der Waals surface area contributed by atoms with Crippen LogP contribution in [0.15, 0.2) is 59.6 Å². The lowest BCUT2D eigenvalue weighted by molar-refractivity contribution is 0.0540. The second-order valence-corrected chi connectivity index (χ2v) is 7.56. The maximum atomic E-state index is 14.4. The van der Waals surface area contributed by atoms with Crippen LogP contribution in [0.2, 0.25) is 0 Å². The molecule has 2 aliphatic rings. The molecule has 1 saturated heterocycles. The van der Waals surface area contributed by atoms with Crippen LogP contribution in [0.3, 0.4) is 0 Å². The van der Waals surface area contributed by atoms with Gasteiger partial charge in [0.1, 0.15) is 22.2 Å². The molecule has 0 radical (unpaired) electrons. The standard InChI is InChI=1S/C22H22FN3OS/c1-2-25-14-12-22(13-15-25)24-19(16-8-4-3-5-9-16)21(28)26(22)20(27)17-10-6-7-11-18(17)23/h3-11H,2,12-15H2,1H3. The van der Waals surface area contributed by atoms with E-state index in [1.54, 1.807) is 17.0 Å². The first-order valence-electron chi connectivity index (χ1n) is 9.57. The molecule has 0 saturated carbocycles. The van der Waals surface area contributed by atoms with Gasteiger partial charge in [0.15, 0.2) is 0 Å². The monoisotopic (exact) mass is 395 g/mol. The largest absolute Gasteiger partial charge is 0.303 e. The predicted molar refractivity (Wildman–Crippen MR) is 112 cm³/mol. The summed E-state index contributed by atoms with van der Waals surface area (Å²) in [5, 5.41) is 0. The summed E-state index contributed by atoms with van der Waals surface area (Å²) in [5.41, 5.74) is 0.818. The van der Waals surface area contributed by atoms with Crippen molar-refractivity contribution >= 4 is 28.8 Å².